The summed E-state index contributed by atoms with van der Waals surface area (Å²) in [5, 5.41) is 8.05. The molecule has 0 aliphatic carbocycles. The van der Waals surface area contributed by atoms with Crippen LogP contribution in [0.25, 0.3) is 0 Å². The van der Waals surface area contributed by atoms with Gasteiger partial charge >= 0.3 is 5.97 Å². The number of hydrazone groups is 1. The number of carbonyl (C=O) groups excluding carboxylic acids is 3. The average molecular weight is 414 g/mol. The lowest BCUT2D eigenvalue weighted by molar-refractivity contribution is -0.119. The van der Waals surface area contributed by atoms with Gasteiger partial charge in [0.15, 0.2) is 0 Å². The van der Waals surface area contributed by atoms with E-state index in [1.54, 1.807) is 6.07 Å². The van der Waals surface area contributed by atoms with Gasteiger partial charge in [-0.2, -0.15) is 5.10 Å². The normalized spacial score (nSPS) is 15.4. The minimum absolute atomic E-state index is 0.0229. The minimum atomic E-state index is -0.910. The smallest absolute Gasteiger partial charge is 0.340 e. The summed E-state index contributed by atoms with van der Waals surface area (Å²) < 4.78 is 23.0. The number of carbonyl (C=O) groups is 3. The number of esters is 1. The molecule has 0 saturated heterocycles. The summed E-state index contributed by atoms with van der Waals surface area (Å²) in [7, 11) is 2.66. The van der Waals surface area contributed by atoms with Crippen molar-refractivity contribution in [2.75, 3.05) is 24.5 Å². The Morgan fingerprint density at radius 2 is 1.87 bits per heavy atom. The van der Waals surface area contributed by atoms with Crippen molar-refractivity contribution >= 4 is 34.9 Å². The highest BCUT2D eigenvalue weighted by atomic mass is 19.1. The Labute approximate surface area is 171 Å². The number of nitrogens with zero attached hydrogens (tertiary/aromatic N) is 2. The quantitative estimate of drug-likeness (QED) is 0.694. The molecular formula is C20H19FN4O5. The van der Waals surface area contributed by atoms with Crippen LogP contribution < -0.4 is 20.8 Å². The van der Waals surface area contributed by atoms with E-state index in [2.05, 4.69) is 10.4 Å². The van der Waals surface area contributed by atoms with E-state index in [4.69, 9.17) is 15.2 Å². The Morgan fingerprint density at radius 3 is 2.47 bits per heavy atom. The van der Waals surface area contributed by atoms with E-state index in [-0.39, 0.29) is 23.4 Å². The standard InChI is InChI=1S/C20H19FN4O5/c1-29-13-7-8-15(14(9-13)20(28)30-2)23-19(27)16-10-17(18(22)26)25(24-16)12-5-3-11(21)4-6-12/h3-9,17H,10H2,1-2H3,(H2,22,26)(H,23,27). The van der Waals surface area contributed by atoms with E-state index in [0.29, 0.717) is 11.4 Å². The topological polar surface area (TPSA) is 123 Å². The third-order valence-corrected chi connectivity index (χ3v) is 4.47. The van der Waals surface area contributed by atoms with Gasteiger partial charge in [-0.05, 0) is 42.5 Å². The van der Waals surface area contributed by atoms with Crippen LogP contribution in [0, 0.1) is 5.82 Å². The summed E-state index contributed by atoms with van der Waals surface area (Å²) >= 11 is 0. The largest absolute Gasteiger partial charge is 0.497 e. The maximum absolute atomic E-state index is 13.2. The molecule has 1 aliphatic rings. The van der Waals surface area contributed by atoms with Crippen molar-refractivity contribution in [3.05, 3.63) is 53.8 Å². The minimum Gasteiger partial charge on any atom is -0.497 e. The number of benzene rings is 2. The van der Waals surface area contributed by atoms with Gasteiger partial charge in [0.2, 0.25) is 5.91 Å². The second kappa shape index (κ2) is 8.60. The zero-order valence-corrected chi connectivity index (χ0v) is 16.2. The molecular weight excluding hydrogens is 395 g/mol. The van der Waals surface area contributed by atoms with Crippen molar-refractivity contribution in [2.24, 2.45) is 10.8 Å². The number of nitrogens with one attached hydrogen (secondary N) is 1. The molecule has 1 atom stereocenters. The molecule has 0 aromatic heterocycles. The van der Waals surface area contributed by atoms with E-state index in [9.17, 15) is 18.8 Å². The number of hydrogen-bond acceptors (Lipinski definition) is 7. The second-order valence-corrected chi connectivity index (χ2v) is 6.35. The number of rotatable bonds is 6. The Bertz CT molecular complexity index is 1020. The molecule has 0 bridgehead atoms. The molecule has 2 aromatic rings. The number of anilines is 2. The fourth-order valence-corrected chi connectivity index (χ4v) is 2.93. The van der Waals surface area contributed by atoms with E-state index in [1.807, 2.05) is 0 Å². The molecule has 9 nitrogen and oxygen atoms in total. The highest BCUT2D eigenvalue weighted by Crippen LogP contribution is 2.27. The molecule has 1 heterocycles. The Balaban J connectivity index is 1.88. The summed E-state index contributed by atoms with van der Waals surface area (Å²) in [6.07, 6.45) is -0.0533. The van der Waals surface area contributed by atoms with Gasteiger partial charge in [-0.3, -0.25) is 14.6 Å². The van der Waals surface area contributed by atoms with Gasteiger partial charge < -0.3 is 20.5 Å². The van der Waals surface area contributed by atoms with Gasteiger partial charge in [0.25, 0.3) is 5.91 Å². The third kappa shape index (κ3) is 4.22. The first-order valence-corrected chi connectivity index (χ1v) is 8.83. The molecule has 2 amide bonds. The molecule has 2 aromatic carbocycles. The van der Waals surface area contributed by atoms with Crippen LogP contribution in [0.1, 0.15) is 16.8 Å². The van der Waals surface area contributed by atoms with Crippen LogP contribution in [0.5, 0.6) is 5.75 Å². The number of amides is 2. The van der Waals surface area contributed by atoms with Crippen LogP contribution in [0.15, 0.2) is 47.6 Å². The molecule has 0 saturated carbocycles. The van der Waals surface area contributed by atoms with Gasteiger partial charge in [-0.1, -0.05) is 0 Å². The van der Waals surface area contributed by atoms with Gasteiger partial charge in [-0.15, -0.1) is 0 Å². The zero-order valence-electron chi connectivity index (χ0n) is 16.2. The lowest BCUT2D eigenvalue weighted by Gasteiger charge is -2.20. The van der Waals surface area contributed by atoms with Crippen molar-refractivity contribution in [3.63, 3.8) is 0 Å². The number of nitrogens with two attached hydrogens (primary N) is 1. The van der Waals surface area contributed by atoms with Gasteiger partial charge in [0.05, 0.1) is 31.2 Å². The van der Waals surface area contributed by atoms with Gasteiger partial charge in [0, 0.05) is 6.42 Å². The Hall–Kier alpha value is -3.95. The highest BCUT2D eigenvalue weighted by Gasteiger charge is 2.35. The predicted molar refractivity (Wildman–Crippen MR) is 107 cm³/mol. The number of halogens is 1. The van der Waals surface area contributed by atoms with Gasteiger partial charge in [-0.25, -0.2) is 9.18 Å². The van der Waals surface area contributed by atoms with Crippen molar-refractivity contribution in [3.8, 4) is 5.75 Å². The summed E-state index contributed by atoms with van der Waals surface area (Å²) in [4.78, 5) is 36.7. The van der Waals surface area contributed by atoms with E-state index in [1.165, 1.54) is 55.6 Å². The van der Waals surface area contributed by atoms with Crippen LogP contribution in [0.4, 0.5) is 15.8 Å². The van der Waals surface area contributed by atoms with Crippen molar-refractivity contribution in [2.45, 2.75) is 12.5 Å². The first-order chi connectivity index (χ1) is 14.3. The lowest BCUT2D eigenvalue weighted by atomic mass is 10.1. The maximum atomic E-state index is 13.2. The number of hydrogen-bond donors (Lipinski definition) is 2. The van der Waals surface area contributed by atoms with E-state index in [0.717, 1.165) is 0 Å². The average Bonchev–Trinajstić information content (AvgIpc) is 3.20. The summed E-state index contributed by atoms with van der Waals surface area (Å²) in [6.45, 7) is 0. The molecule has 0 fully saturated rings. The molecule has 1 aliphatic heterocycles. The lowest BCUT2D eigenvalue weighted by Crippen LogP contribution is -2.39. The zero-order chi connectivity index (χ0) is 21.8. The molecule has 3 N–H and O–H groups in total. The van der Waals surface area contributed by atoms with Crippen molar-refractivity contribution < 1.29 is 28.2 Å². The number of ether oxygens (including phenoxy) is 2. The molecule has 10 heteroatoms. The third-order valence-electron chi connectivity index (χ3n) is 4.47. The first-order valence-electron chi connectivity index (χ1n) is 8.83. The van der Waals surface area contributed by atoms with Crippen molar-refractivity contribution in [1.82, 2.24) is 0 Å². The van der Waals surface area contributed by atoms with Crippen LogP contribution in [-0.2, 0) is 14.3 Å². The SMILES string of the molecule is COC(=O)c1cc(OC)ccc1NC(=O)C1=NN(c2ccc(F)cc2)C(C(N)=O)C1. The maximum Gasteiger partial charge on any atom is 0.340 e. The second-order valence-electron chi connectivity index (χ2n) is 6.35. The Kier molecular flexibility index (Phi) is 5.95. The molecule has 3 rings (SSSR count). The fraction of sp³-hybridized carbons (Fsp3) is 0.200. The predicted octanol–water partition coefficient (Wildman–Crippen LogP) is 1.68. The fourth-order valence-electron chi connectivity index (χ4n) is 2.93. The van der Waals surface area contributed by atoms with Gasteiger partial charge in [0.1, 0.15) is 23.3 Å². The van der Waals surface area contributed by atoms with Crippen LogP contribution in [-0.4, -0.2) is 43.8 Å². The number of methoxy groups -OCH3 is 2. The molecule has 0 spiro atoms. The molecule has 0 radical (unpaired) electrons. The van der Waals surface area contributed by atoms with Crippen LogP contribution in [0.2, 0.25) is 0 Å². The monoisotopic (exact) mass is 414 g/mol. The summed E-state index contributed by atoms with van der Waals surface area (Å²) in [5.74, 6) is -2.03. The van der Waals surface area contributed by atoms with Crippen LogP contribution in [0.3, 0.4) is 0 Å². The van der Waals surface area contributed by atoms with E-state index < -0.39 is 29.6 Å². The molecule has 1 unspecified atom stereocenters. The molecule has 156 valence electrons. The van der Waals surface area contributed by atoms with Crippen molar-refractivity contribution in [1.29, 1.82) is 0 Å². The highest BCUT2D eigenvalue weighted by molar-refractivity contribution is 6.44. The first kappa shape index (κ1) is 20.8. The summed E-state index contributed by atoms with van der Waals surface area (Å²) in [6, 6.07) is 8.84. The number of primary amides is 1. The van der Waals surface area contributed by atoms with E-state index >= 15 is 0 Å². The van der Waals surface area contributed by atoms with Crippen LogP contribution >= 0.6 is 0 Å². The Morgan fingerprint density at radius 1 is 1.17 bits per heavy atom. The summed E-state index contributed by atoms with van der Waals surface area (Å²) in [5.41, 5.74) is 6.15. The molecule has 30 heavy (non-hydrogen) atoms.